The minimum absolute atomic E-state index is 0.190. The van der Waals surface area contributed by atoms with Crippen molar-refractivity contribution in [1.82, 2.24) is 0 Å². The molecular weight excluding hydrogens is 763 g/mol. The summed E-state index contributed by atoms with van der Waals surface area (Å²) in [5.41, 5.74) is 20.0. The molecule has 0 N–H and O–H groups in total. The predicted molar refractivity (Wildman–Crippen MR) is 265 cm³/mol. The van der Waals surface area contributed by atoms with Crippen molar-refractivity contribution in [1.29, 1.82) is 0 Å². The summed E-state index contributed by atoms with van der Waals surface area (Å²) >= 11 is 0. The van der Waals surface area contributed by atoms with Gasteiger partial charge in [-0.05, 0) is 127 Å². The van der Waals surface area contributed by atoms with Gasteiger partial charge in [0.1, 0.15) is 11.2 Å². The predicted octanol–water partition coefficient (Wildman–Crippen LogP) is 17.2. The maximum absolute atomic E-state index is 6.12. The summed E-state index contributed by atoms with van der Waals surface area (Å²) in [7, 11) is 0. The van der Waals surface area contributed by atoms with E-state index in [1.54, 1.807) is 0 Å². The van der Waals surface area contributed by atoms with E-state index in [1.807, 2.05) is 12.1 Å². The first-order chi connectivity index (χ1) is 31.0. The lowest BCUT2D eigenvalue weighted by atomic mass is 9.81. The van der Waals surface area contributed by atoms with Gasteiger partial charge in [-0.1, -0.05) is 184 Å². The van der Waals surface area contributed by atoms with Gasteiger partial charge in [0.25, 0.3) is 0 Å². The second-order valence-electron chi connectivity index (χ2n) is 17.3. The highest BCUT2D eigenvalue weighted by Crippen LogP contribution is 2.52. The lowest BCUT2D eigenvalue weighted by molar-refractivity contribution is 0.660. The average molecular weight is 806 g/mol. The summed E-state index contributed by atoms with van der Waals surface area (Å²) in [5.74, 6) is 0. The Labute approximate surface area is 368 Å². The van der Waals surface area contributed by atoms with E-state index >= 15 is 0 Å². The minimum Gasteiger partial charge on any atom is -0.456 e. The van der Waals surface area contributed by atoms with Gasteiger partial charge in [-0.3, -0.25) is 0 Å². The van der Waals surface area contributed by atoms with Crippen molar-refractivity contribution >= 4 is 49.8 Å². The number of hydrogen-bond acceptors (Lipinski definition) is 2. The fourth-order valence-electron chi connectivity index (χ4n) is 10.0. The van der Waals surface area contributed by atoms with Crippen molar-refractivity contribution < 1.29 is 4.42 Å². The molecule has 11 aromatic rings. The van der Waals surface area contributed by atoms with E-state index in [2.05, 4.69) is 231 Å². The van der Waals surface area contributed by atoms with Crippen LogP contribution in [0.5, 0.6) is 0 Å². The lowest BCUT2D eigenvalue weighted by Gasteiger charge is -2.29. The SMILES string of the molecule is CC1(C)c2cc(-c3ccccc3)ccc2-c2ccc(N(c3ccc(-c4ccccc4)cc3)c3ccc(-c4ccc(-c5ccc6oc7ccccc7c6c5)cc4)c4ccccc34)cc21. The van der Waals surface area contributed by atoms with Crippen LogP contribution in [0.4, 0.5) is 17.1 Å². The second kappa shape index (κ2) is 14.6. The molecule has 0 atom stereocenters. The molecule has 0 fully saturated rings. The zero-order chi connectivity index (χ0) is 42.1. The highest BCUT2D eigenvalue weighted by Gasteiger charge is 2.36. The Hall–Kier alpha value is -7.94. The van der Waals surface area contributed by atoms with Gasteiger partial charge in [-0.2, -0.15) is 0 Å². The largest absolute Gasteiger partial charge is 0.456 e. The molecule has 1 heterocycles. The average Bonchev–Trinajstić information content (AvgIpc) is 3.83. The molecule has 0 bridgehead atoms. The Morgan fingerprint density at radius 2 is 0.794 bits per heavy atom. The van der Waals surface area contributed by atoms with Crippen molar-refractivity contribution in [2.24, 2.45) is 0 Å². The molecule has 0 amide bonds. The van der Waals surface area contributed by atoms with Crippen LogP contribution in [-0.2, 0) is 5.41 Å². The summed E-state index contributed by atoms with van der Waals surface area (Å²) in [6.45, 7) is 4.75. The van der Waals surface area contributed by atoms with E-state index in [0.717, 1.165) is 39.0 Å². The van der Waals surface area contributed by atoms with E-state index in [-0.39, 0.29) is 5.41 Å². The molecule has 0 unspecified atom stereocenters. The minimum atomic E-state index is -0.190. The molecule has 0 saturated carbocycles. The van der Waals surface area contributed by atoms with E-state index in [4.69, 9.17) is 4.42 Å². The summed E-state index contributed by atoms with van der Waals surface area (Å²) < 4.78 is 6.12. The molecule has 1 aromatic heterocycles. The van der Waals surface area contributed by atoms with Gasteiger partial charge in [0.15, 0.2) is 0 Å². The van der Waals surface area contributed by atoms with Gasteiger partial charge < -0.3 is 9.32 Å². The topological polar surface area (TPSA) is 16.4 Å². The second-order valence-corrected chi connectivity index (χ2v) is 17.3. The first-order valence-corrected chi connectivity index (χ1v) is 21.8. The summed E-state index contributed by atoms with van der Waals surface area (Å²) in [6, 6.07) is 81.7. The molecular formula is C61H43NO. The van der Waals surface area contributed by atoms with E-state index < -0.39 is 0 Å². The molecule has 0 spiro atoms. The van der Waals surface area contributed by atoms with Gasteiger partial charge in [-0.25, -0.2) is 0 Å². The van der Waals surface area contributed by atoms with Crippen LogP contribution in [-0.4, -0.2) is 0 Å². The van der Waals surface area contributed by atoms with Gasteiger partial charge in [0, 0.05) is 32.9 Å². The highest BCUT2D eigenvalue weighted by molar-refractivity contribution is 6.08. The fraction of sp³-hybridized carbons (Fsp3) is 0.0492. The van der Waals surface area contributed by atoms with E-state index in [1.165, 1.54) is 77.5 Å². The van der Waals surface area contributed by atoms with Crippen molar-refractivity contribution in [3.8, 4) is 55.6 Å². The molecule has 63 heavy (non-hydrogen) atoms. The number of anilines is 3. The van der Waals surface area contributed by atoms with Crippen molar-refractivity contribution in [3.63, 3.8) is 0 Å². The standard InChI is InChI=1S/C61H43NO/c1-61(2)56-38-46(41-15-7-4-8-16-41)27-32-51(56)52-33-31-48(39-57(52)61)62(47-29-25-42(26-30-47)40-13-5-3-6-14-40)58-35-34-49(50-17-9-10-18-53(50)58)44-23-21-43(22-24-44)45-28-36-60-55(37-45)54-19-11-12-20-59(54)63-60/h3-39H,1-2H3. The zero-order valence-corrected chi connectivity index (χ0v) is 35.2. The number of fused-ring (bicyclic) bond motifs is 7. The van der Waals surface area contributed by atoms with Crippen LogP contribution in [0.15, 0.2) is 229 Å². The normalized spacial score (nSPS) is 12.7. The highest BCUT2D eigenvalue weighted by atomic mass is 16.3. The molecule has 1 aliphatic carbocycles. The Morgan fingerprint density at radius 3 is 1.54 bits per heavy atom. The third kappa shape index (κ3) is 6.17. The monoisotopic (exact) mass is 805 g/mol. The zero-order valence-electron chi connectivity index (χ0n) is 35.2. The van der Waals surface area contributed by atoms with Crippen LogP contribution >= 0.6 is 0 Å². The number of benzene rings is 10. The Balaban J connectivity index is 0.960. The smallest absolute Gasteiger partial charge is 0.135 e. The molecule has 0 aliphatic heterocycles. The molecule has 12 rings (SSSR count). The van der Waals surface area contributed by atoms with Gasteiger partial charge >= 0.3 is 0 Å². The van der Waals surface area contributed by atoms with E-state index in [0.29, 0.717) is 0 Å². The van der Waals surface area contributed by atoms with Crippen molar-refractivity contribution in [2.45, 2.75) is 19.3 Å². The Morgan fingerprint density at radius 1 is 0.317 bits per heavy atom. The van der Waals surface area contributed by atoms with Crippen LogP contribution < -0.4 is 4.90 Å². The molecule has 298 valence electrons. The van der Waals surface area contributed by atoms with Crippen LogP contribution in [0.2, 0.25) is 0 Å². The Kier molecular flexibility index (Phi) is 8.55. The van der Waals surface area contributed by atoms with Gasteiger partial charge in [0.05, 0.1) is 5.69 Å². The van der Waals surface area contributed by atoms with Crippen LogP contribution in [0.25, 0.3) is 88.3 Å². The third-order valence-electron chi connectivity index (χ3n) is 13.3. The lowest BCUT2D eigenvalue weighted by Crippen LogP contribution is -2.17. The Bertz CT molecular complexity index is 3510. The number of rotatable bonds is 7. The van der Waals surface area contributed by atoms with Crippen molar-refractivity contribution in [2.75, 3.05) is 4.90 Å². The number of hydrogen-bond donors (Lipinski definition) is 0. The number of para-hydroxylation sites is 1. The van der Waals surface area contributed by atoms with Crippen LogP contribution in [0, 0.1) is 0 Å². The van der Waals surface area contributed by atoms with Crippen LogP contribution in [0.3, 0.4) is 0 Å². The third-order valence-corrected chi connectivity index (χ3v) is 13.3. The molecule has 2 heteroatoms. The summed E-state index contributed by atoms with van der Waals surface area (Å²) in [6.07, 6.45) is 0. The maximum atomic E-state index is 6.12. The van der Waals surface area contributed by atoms with Crippen LogP contribution in [0.1, 0.15) is 25.0 Å². The summed E-state index contributed by atoms with van der Waals surface area (Å²) in [5, 5.41) is 4.69. The molecule has 0 saturated heterocycles. The molecule has 0 radical (unpaired) electrons. The number of furan rings is 1. The number of nitrogens with zero attached hydrogens (tertiary/aromatic N) is 1. The summed E-state index contributed by atoms with van der Waals surface area (Å²) in [4.78, 5) is 2.45. The van der Waals surface area contributed by atoms with E-state index in [9.17, 15) is 0 Å². The fourth-order valence-corrected chi connectivity index (χ4v) is 10.0. The molecule has 1 aliphatic rings. The quantitative estimate of drug-likeness (QED) is 0.160. The maximum Gasteiger partial charge on any atom is 0.135 e. The molecule has 2 nitrogen and oxygen atoms in total. The first-order valence-electron chi connectivity index (χ1n) is 21.8. The van der Waals surface area contributed by atoms with Gasteiger partial charge in [0.2, 0.25) is 0 Å². The van der Waals surface area contributed by atoms with Gasteiger partial charge in [-0.15, -0.1) is 0 Å². The molecule has 10 aromatic carbocycles. The van der Waals surface area contributed by atoms with Crippen molar-refractivity contribution in [3.05, 3.63) is 236 Å². The first kappa shape index (κ1) is 36.9.